The van der Waals surface area contributed by atoms with Gasteiger partial charge in [-0.1, -0.05) is 30.3 Å². The zero-order chi connectivity index (χ0) is 14.5. The van der Waals surface area contributed by atoms with Gasteiger partial charge in [0.2, 0.25) is 0 Å². The number of thiazole rings is 1. The van der Waals surface area contributed by atoms with Gasteiger partial charge in [0, 0.05) is 13.5 Å². The topological polar surface area (TPSA) is 53.4 Å². The highest BCUT2D eigenvalue weighted by Gasteiger charge is 2.19. The highest BCUT2D eigenvalue weighted by molar-refractivity contribution is 7.13. The molecule has 4 nitrogen and oxygen atoms in total. The lowest BCUT2D eigenvalue weighted by Gasteiger charge is -2.22. The lowest BCUT2D eigenvalue weighted by Crippen LogP contribution is -2.36. The van der Waals surface area contributed by atoms with Crippen molar-refractivity contribution >= 4 is 17.2 Å². The number of hydrogen-bond donors (Lipinski definition) is 1. The second kappa shape index (κ2) is 6.63. The van der Waals surface area contributed by atoms with Crippen LogP contribution in [0.15, 0.2) is 36.5 Å². The van der Waals surface area contributed by atoms with Gasteiger partial charge in [0.1, 0.15) is 4.88 Å². The molecule has 1 amide bonds. The molecule has 1 aromatic carbocycles. The predicted molar refractivity (Wildman–Crippen MR) is 80.0 cm³/mol. The van der Waals surface area contributed by atoms with Crippen LogP contribution in [0.1, 0.15) is 27.2 Å². The summed E-state index contributed by atoms with van der Waals surface area (Å²) >= 11 is 1.41. The van der Waals surface area contributed by atoms with Crippen LogP contribution in [0, 0.1) is 0 Å². The molecule has 1 N–H and O–H groups in total. The maximum Gasteiger partial charge on any atom is 0.265 e. The van der Waals surface area contributed by atoms with Crippen molar-refractivity contribution in [2.24, 2.45) is 0 Å². The van der Waals surface area contributed by atoms with Crippen LogP contribution in [0.25, 0.3) is 0 Å². The number of nitrogens with zero attached hydrogens (tertiary/aromatic N) is 2. The fraction of sp³-hybridized carbons (Fsp3) is 0.333. The third-order valence-corrected chi connectivity index (χ3v) is 4.19. The molecule has 0 saturated carbocycles. The minimum absolute atomic E-state index is 0.0437. The van der Waals surface area contributed by atoms with Gasteiger partial charge >= 0.3 is 0 Å². The van der Waals surface area contributed by atoms with Gasteiger partial charge in [-0.05, 0) is 12.5 Å². The minimum Gasteiger partial charge on any atom is -0.394 e. The van der Waals surface area contributed by atoms with Crippen molar-refractivity contribution in [3.63, 3.8) is 0 Å². The van der Waals surface area contributed by atoms with Crippen molar-refractivity contribution in [1.82, 2.24) is 9.88 Å². The second-order valence-corrected chi connectivity index (χ2v) is 5.84. The Balaban J connectivity index is 2.07. The second-order valence-electron chi connectivity index (χ2n) is 4.73. The van der Waals surface area contributed by atoms with E-state index in [4.69, 9.17) is 5.11 Å². The van der Waals surface area contributed by atoms with Crippen LogP contribution in [-0.4, -0.2) is 40.6 Å². The summed E-state index contributed by atoms with van der Waals surface area (Å²) in [6.45, 7) is 1.77. The Morgan fingerprint density at radius 2 is 2.10 bits per heavy atom. The number of likely N-dealkylation sites (N-methyl/N-ethyl adjacent to an activating group) is 1. The molecule has 0 fully saturated rings. The molecule has 20 heavy (non-hydrogen) atoms. The molecule has 0 saturated heterocycles. The van der Waals surface area contributed by atoms with Crippen LogP contribution < -0.4 is 0 Å². The standard InChI is InChI=1S/C15H18N2O2S/c1-11(10-18)17(2)15(19)13-9-16-14(20-13)8-12-6-4-3-5-7-12/h3-7,9,11,18H,8,10H2,1-2H3. The Kier molecular flexibility index (Phi) is 4.87. The molecule has 5 heteroatoms. The van der Waals surface area contributed by atoms with E-state index in [1.807, 2.05) is 37.3 Å². The van der Waals surface area contributed by atoms with Crippen LogP contribution in [0.4, 0.5) is 0 Å². The molecule has 0 spiro atoms. The van der Waals surface area contributed by atoms with E-state index in [1.54, 1.807) is 18.1 Å². The summed E-state index contributed by atoms with van der Waals surface area (Å²) in [5.74, 6) is -0.0941. The van der Waals surface area contributed by atoms with Crippen LogP contribution >= 0.6 is 11.3 Å². The van der Waals surface area contributed by atoms with Crippen molar-refractivity contribution < 1.29 is 9.90 Å². The largest absolute Gasteiger partial charge is 0.394 e. The average Bonchev–Trinajstić information content (AvgIpc) is 2.94. The molecule has 1 atom stereocenters. The number of carbonyl (C=O) groups is 1. The molecule has 1 aromatic heterocycles. The lowest BCUT2D eigenvalue weighted by molar-refractivity contribution is 0.0687. The molecule has 0 radical (unpaired) electrons. The molecule has 1 heterocycles. The Morgan fingerprint density at radius 3 is 2.75 bits per heavy atom. The van der Waals surface area contributed by atoms with Crippen LogP contribution in [0.3, 0.4) is 0 Å². The molecule has 0 aliphatic rings. The van der Waals surface area contributed by atoms with Crippen molar-refractivity contribution in [2.75, 3.05) is 13.7 Å². The van der Waals surface area contributed by atoms with Crippen LogP contribution in [0.2, 0.25) is 0 Å². The summed E-state index contributed by atoms with van der Waals surface area (Å²) in [5.41, 5.74) is 1.18. The molecular formula is C15H18N2O2S. The minimum atomic E-state index is -0.192. The summed E-state index contributed by atoms with van der Waals surface area (Å²) in [4.78, 5) is 18.7. The van der Waals surface area contributed by atoms with Crippen molar-refractivity contribution in [3.8, 4) is 0 Å². The number of benzene rings is 1. The summed E-state index contributed by atoms with van der Waals surface area (Å²) in [6.07, 6.45) is 2.35. The first-order chi connectivity index (χ1) is 9.61. The maximum absolute atomic E-state index is 12.2. The van der Waals surface area contributed by atoms with Crippen LogP contribution in [-0.2, 0) is 6.42 Å². The summed E-state index contributed by atoms with van der Waals surface area (Å²) in [5, 5.41) is 10.0. The monoisotopic (exact) mass is 290 g/mol. The van der Waals surface area contributed by atoms with E-state index in [2.05, 4.69) is 4.98 Å². The van der Waals surface area contributed by atoms with E-state index in [0.29, 0.717) is 4.88 Å². The van der Waals surface area contributed by atoms with Gasteiger partial charge in [-0.2, -0.15) is 0 Å². The molecule has 2 aromatic rings. The summed E-state index contributed by atoms with van der Waals surface area (Å²) in [6, 6.07) is 9.86. The molecule has 0 bridgehead atoms. The summed E-state index contributed by atoms with van der Waals surface area (Å²) < 4.78 is 0. The van der Waals surface area contributed by atoms with Gasteiger partial charge in [0.15, 0.2) is 0 Å². The molecule has 0 aliphatic carbocycles. The van der Waals surface area contributed by atoms with Crippen molar-refractivity contribution in [1.29, 1.82) is 0 Å². The lowest BCUT2D eigenvalue weighted by atomic mass is 10.2. The first-order valence-corrected chi connectivity index (χ1v) is 7.30. The Labute approximate surface area is 122 Å². The van der Waals surface area contributed by atoms with Gasteiger partial charge in [-0.15, -0.1) is 11.3 Å². The third-order valence-electron chi connectivity index (χ3n) is 3.21. The van der Waals surface area contributed by atoms with Gasteiger partial charge in [0.05, 0.1) is 23.9 Å². The van der Waals surface area contributed by atoms with Gasteiger partial charge in [-0.3, -0.25) is 4.79 Å². The Hall–Kier alpha value is -1.72. The Bertz CT molecular complexity index is 568. The fourth-order valence-electron chi connectivity index (χ4n) is 1.76. The maximum atomic E-state index is 12.2. The SMILES string of the molecule is CC(CO)N(C)C(=O)c1cnc(Cc2ccccc2)s1. The number of rotatable bonds is 5. The summed E-state index contributed by atoms with van der Waals surface area (Å²) in [7, 11) is 1.69. The van der Waals surface area contributed by atoms with Crippen molar-refractivity contribution in [2.45, 2.75) is 19.4 Å². The van der Waals surface area contributed by atoms with Crippen LogP contribution in [0.5, 0.6) is 0 Å². The van der Waals surface area contributed by atoms with Gasteiger partial charge in [0.25, 0.3) is 5.91 Å². The van der Waals surface area contributed by atoms with E-state index in [1.165, 1.54) is 16.9 Å². The number of carbonyl (C=O) groups excluding carboxylic acids is 1. The van der Waals surface area contributed by atoms with Crippen molar-refractivity contribution in [3.05, 3.63) is 52.0 Å². The first-order valence-electron chi connectivity index (χ1n) is 6.48. The normalized spacial score (nSPS) is 12.2. The predicted octanol–water partition coefficient (Wildman–Crippen LogP) is 2.19. The highest BCUT2D eigenvalue weighted by Crippen LogP contribution is 2.18. The highest BCUT2D eigenvalue weighted by atomic mass is 32.1. The number of aliphatic hydroxyl groups excluding tert-OH is 1. The number of aromatic nitrogens is 1. The molecular weight excluding hydrogens is 272 g/mol. The molecule has 106 valence electrons. The van der Waals surface area contributed by atoms with E-state index < -0.39 is 0 Å². The Morgan fingerprint density at radius 1 is 1.40 bits per heavy atom. The van der Waals surface area contributed by atoms with Gasteiger partial charge in [-0.25, -0.2) is 4.98 Å². The average molecular weight is 290 g/mol. The molecule has 0 aliphatic heterocycles. The van der Waals surface area contributed by atoms with E-state index in [0.717, 1.165) is 11.4 Å². The fourth-order valence-corrected chi connectivity index (χ4v) is 2.69. The number of amides is 1. The smallest absolute Gasteiger partial charge is 0.265 e. The number of hydrogen-bond acceptors (Lipinski definition) is 4. The zero-order valence-electron chi connectivity index (χ0n) is 11.6. The molecule has 2 rings (SSSR count). The number of aliphatic hydroxyl groups is 1. The van der Waals surface area contributed by atoms with E-state index in [9.17, 15) is 4.79 Å². The molecule has 1 unspecified atom stereocenters. The van der Waals surface area contributed by atoms with Gasteiger partial charge < -0.3 is 10.0 Å². The zero-order valence-corrected chi connectivity index (χ0v) is 12.4. The first kappa shape index (κ1) is 14.7. The third kappa shape index (κ3) is 3.43. The van der Waals surface area contributed by atoms with E-state index >= 15 is 0 Å². The quantitative estimate of drug-likeness (QED) is 0.918. The van der Waals surface area contributed by atoms with E-state index in [-0.39, 0.29) is 18.6 Å².